The molecule has 2 nitrogen and oxygen atoms in total. The van der Waals surface area contributed by atoms with E-state index in [1.54, 1.807) is 6.07 Å². The van der Waals surface area contributed by atoms with Crippen LogP contribution in [0.1, 0.15) is 43.0 Å². The summed E-state index contributed by atoms with van der Waals surface area (Å²) in [6.45, 7) is 0. The molecule has 0 spiro atoms. The van der Waals surface area contributed by atoms with E-state index in [4.69, 9.17) is 0 Å². The van der Waals surface area contributed by atoms with Crippen LogP contribution >= 0.6 is 0 Å². The molecule has 4 heteroatoms. The number of hydrogen-bond donors (Lipinski definition) is 0. The van der Waals surface area contributed by atoms with Gasteiger partial charge in [0.1, 0.15) is 11.6 Å². The number of rotatable bonds is 4. The van der Waals surface area contributed by atoms with Gasteiger partial charge in [-0.3, -0.25) is 9.59 Å². The van der Waals surface area contributed by atoms with Crippen LogP contribution in [0.25, 0.3) is 11.1 Å². The standard InChI is InChI=1S/C27H16F2O2/c28-19-9-5-16(6-10-19)26(30)23-14-13-22-21-4-2-1-3-18(21)15-24(22)25(23)27(31)17-7-11-20(29)12-8-17/h1-14H,15H2. The van der Waals surface area contributed by atoms with Crippen molar-refractivity contribution >= 4 is 11.6 Å². The Balaban J connectivity index is 1.71. The molecule has 4 aromatic rings. The SMILES string of the molecule is O=C(c1ccc(F)cc1)c1ccc2c(c1C(=O)c1ccc(F)cc1)Cc1ccccc1-2. The fourth-order valence-electron chi connectivity index (χ4n) is 4.16. The zero-order chi connectivity index (χ0) is 21.5. The van der Waals surface area contributed by atoms with Gasteiger partial charge in [-0.15, -0.1) is 0 Å². The lowest BCUT2D eigenvalue weighted by Crippen LogP contribution is -2.14. The van der Waals surface area contributed by atoms with Gasteiger partial charge in [0.05, 0.1) is 0 Å². The quantitative estimate of drug-likeness (QED) is 0.341. The first-order valence-electron chi connectivity index (χ1n) is 9.87. The zero-order valence-electron chi connectivity index (χ0n) is 16.4. The second-order valence-corrected chi connectivity index (χ2v) is 7.52. The van der Waals surface area contributed by atoms with Crippen LogP contribution in [0.15, 0.2) is 84.9 Å². The van der Waals surface area contributed by atoms with E-state index in [2.05, 4.69) is 0 Å². The molecule has 0 fully saturated rings. The topological polar surface area (TPSA) is 34.1 Å². The molecule has 0 heterocycles. The molecule has 0 aromatic heterocycles. The van der Waals surface area contributed by atoms with Crippen molar-refractivity contribution in [2.24, 2.45) is 0 Å². The lowest BCUT2D eigenvalue weighted by atomic mass is 9.87. The second kappa shape index (κ2) is 7.40. The minimum atomic E-state index is -0.441. The summed E-state index contributed by atoms with van der Waals surface area (Å²) >= 11 is 0. The highest BCUT2D eigenvalue weighted by atomic mass is 19.1. The van der Waals surface area contributed by atoms with E-state index >= 15 is 0 Å². The van der Waals surface area contributed by atoms with Gasteiger partial charge in [0.25, 0.3) is 0 Å². The number of fused-ring (bicyclic) bond motifs is 3. The molecular weight excluding hydrogens is 394 g/mol. The molecular formula is C27H16F2O2. The molecule has 0 bridgehead atoms. The first-order chi connectivity index (χ1) is 15.0. The van der Waals surface area contributed by atoms with Crippen molar-refractivity contribution in [2.45, 2.75) is 6.42 Å². The van der Waals surface area contributed by atoms with Crippen LogP contribution in [0.5, 0.6) is 0 Å². The van der Waals surface area contributed by atoms with Gasteiger partial charge in [0, 0.05) is 22.3 Å². The van der Waals surface area contributed by atoms with E-state index in [1.165, 1.54) is 48.5 Å². The summed E-state index contributed by atoms with van der Waals surface area (Å²) in [6.07, 6.45) is 0.526. The Morgan fingerprint density at radius 3 is 1.84 bits per heavy atom. The molecule has 150 valence electrons. The molecule has 0 amide bonds. The summed E-state index contributed by atoms with van der Waals surface area (Å²) in [4.78, 5) is 26.9. The van der Waals surface area contributed by atoms with Crippen LogP contribution < -0.4 is 0 Å². The van der Waals surface area contributed by atoms with Crippen LogP contribution in [0.2, 0.25) is 0 Å². The summed E-state index contributed by atoms with van der Waals surface area (Å²) < 4.78 is 26.8. The molecule has 4 aromatic carbocycles. The van der Waals surface area contributed by atoms with E-state index in [9.17, 15) is 18.4 Å². The Labute approximate surface area is 177 Å². The Bertz CT molecular complexity index is 1340. The minimum Gasteiger partial charge on any atom is -0.289 e. The predicted molar refractivity (Wildman–Crippen MR) is 114 cm³/mol. The summed E-state index contributed by atoms with van der Waals surface area (Å²) in [6, 6.07) is 22.0. The van der Waals surface area contributed by atoms with Gasteiger partial charge in [0.2, 0.25) is 0 Å². The average molecular weight is 410 g/mol. The maximum absolute atomic E-state index is 13.5. The largest absolute Gasteiger partial charge is 0.289 e. The minimum absolute atomic E-state index is 0.257. The predicted octanol–water partition coefficient (Wildman–Crippen LogP) is 6.00. The maximum atomic E-state index is 13.5. The number of halogens is 2. The number of carbonyl (C=O) groups excluding carboxylic acids is 2. The van der Waals surface area contributed by atoms with Crippen molar-refractivity contribution in [3.63, 3.8) is 0 Å². The first kappa shape index (κ1) is 19.1. The molecule has 0 saturated heterocycles. The summed E-state index contributed by atoms with van der Waals surface area (Å²) in [5, 5.41) is 0. The summed E-state index contributed by atoms with van der Waals surface area (Å²) in [5.41, 5.74) is 4.98. The molecule has 0 saturated carbocycles. The molecule has 1 aliphatic carbocycles. The molecule has 0 N–H and O–H groups in total. The van der Waals surface area contributed by atoms with Crippen molar-refractivity contribution in [3.05, 3.63) is 130 Å². The average Bonchev–Trinajstić information content (AvgIpc) is 3.17. The van der Waals surface area contributed by atoms with Crippen molar-refractivity contribution in [1.82, 2.24) is 0 Å². The normalized spacial score (nSPS) is 11.7. The van der Waals surface area contributed by atoms with Crippen molar-refractivity contribution < 1.29 is 18.4 Å². The number of benzene rings is 4. The first-order valence-corrected chi connectivity index (χ1v) is 9.87. The lowest BCUT2D eigenvalue weighted by Gasteiger charge is -2.14. The third kappa shape index (κ3) is 3.26. The van der Waals surface area contributed by atoms with E-state index in [1.807, 2.05) is 30.3 Å². The lowest BCUT2D eigenvalue weighted by molar-refractivity contribution is 0.100. The number of ketones is 2. The third-order valence-corrected chi connectivity index (χ3v) is 5.67. The molecule has 0 atom stereocenters. The highest BCUT2D eigenvalue weighted by Gasteiger charge is 2.29. The molecule has 0 unspecified atom stereocenters. The van der Waals surface area contributed by atoms with Gasteiger partial charge in [-0.25, -0.2) is 8.78 Å². The van der Waals surface area contributed by atoms with Gasteiger partial charge in [-0.1, -0.05) is 30.3 Å². The summed E-state index contributed by atoms with van der Waals surface area (Å²) in [5.74, 6) is -1.58. The Morgan fingerprint density at radius 1 is 0.613 bits per heavy atom. The van der Waals surface area contributed by atoms with E-state index in [0.717, 1.165) is 22.3 Å². The maximum Gasteiger partial charge on any atom is 0.194 e. The Kier molecular flexibility index (Phi) is 4.55. The Morgan fingerprint density at radius 2 is 1.19 bits per heavy atom. The van der Waals surface area contributed by atoms with Crippen LogP contribution in [0.4, 0.5) is 8.78 Å². The van der Waals surface area contributed by atoms with Gasteiger partial charge >= 0.3 is 0 Å². The molecule has 1 aliphatic rings. The van der Waals surface area contributed by atoms with E-state index in [-0.39, 0.29) is 17.1 Å². The van der Waals surface area contributed by atoms with Gasteiger partial charge in [-0.2, -0.15) is 0 Å². The van der Waals surface area contributed by atoms with E-state index < -0.39 is 11.6 Å². The van der Waals surface area contributed by atoms with Gasteiger partial charge in [-0.05, 0) is 83.3 Å². The number of hydrogen-bond acceptors (Lipinski definition) is 2. The smallest absolute Gasteiger partial charge is 0.194 e. The molecule has 31 heavy (non-hydrogen) atoms. The van der Waals surface area contributed by atoms with Crippen LogP contribution in [0.3, 0.4) is 0 Å². The third-order valence-electron chi connectivity index (χ3n) is 5.67. The Hall–Kier alpha value is -3.92. The van der Waals surface area contributed by atoms with Crippen LogP contribution in [-0.4, -0.2) is 11.6 Å². The van der Waals surface area contributed by atoms with Crippen molar-refractivity contribution in [2.75, 3.05) is 0 Å². The molecule has 0 radical (unpaired) electrons. The van der Waals surface area contributed by atoms with Gasteiger partial charge in [0.15, 0.2) is 11.6 Å². The fraction of sp³-hybridized carbons (Fsp3) is 0.0370. The van der Waals surface area contributed by atoms with Gasteiger partial charge < -0.3 is 0 Å². The molecule has 5 rings (SSSR count). The summed E-state index contributed by atoms with van der Waals surface area (Å²) in [7, 11) is 0. The van der Waals surface area contributed by atoms with E-state index in [0.29, 0.717) is 23.1 Å². The van der Waals surface area contributed by atoms with Crippen molar-refractivity contribution in [1.29, 1.82) is 0 Å². The molecule has 0 aliphatic heterocycles. The number of carbonyl (C=O) groups is 2. The monoisotopic (exact) mass is 410 g/mol. The van der Waals surface area contributed by atoms with Crippen molar-refractivity contribution in [3.8, 4) is 11.1 Å². The van der Waals surface area contributed by atoms with Crippen LogP contribution in [0, 0.1) is 11.6 Å². The highest BCUT2D eigenvalue weighted by molar-refractivity contribution is 6.21. The van der Waals surface area contributed by atoms with Crippen LogP contribution in [-0.2, 0) is 6.42 Å². The second-order valence-electron chi connectivity index (χ2n) is 7.52. The zero-order valence-corrected chi connectivity index (χ0v) is 16.4. The highest BCUT2D eigenvalue weighted by Crippen LogP contribution is 2.40. The fourth-order valence-corrected chi connectivity index (χ4v) is 4.16.